The molecule has 2 aliphatic heterocycles. The number of hydrogen-bond donors (Lipinski definition) is 1. The van der Waals surface area contributed by atoms with Crippen molar-refractivity contribution in [2.24, 2.45) is 5.92 Å². The summed E-state index contributed by atoms with van der Waals surface area (Å²) in [6, 6.07) is 7.79. The average Bonchev–Trinajstić information content (AvgIpc) is 3.01. The van der Waals surface area contributed by atoms with Crippen molar-refractivity contribution in [1.82, 2.24) is 10.2 Å². The van der Waals surface area contributed by atoms with Crippen LogP contribution in [0.15, 0.2) is 24.3 Å². The molecule has 2 unspecified atom stereocenters. The van der Waals surface area contributed by atoms with Crippen LogP contribution in [0.25, 0.3) is 0 Å². The van der Waals surface area contributed by atoms with Crippen LogP contribution in [0.5, 0.6) is 0 Å². The molecule has 0 bridgehead atoms. The monoisotopic (exact) mass is 330 g/mol. The van der Waals surface area contributed by atoms with Gasteiger partial charge in [-0.05, 0) is 18.1 Å². The van der Waals surface area contributed by atoms with Crippen LogP contribution >= 0.6 is 24.0 Å². The zero-order valence-corrected chi connectivity index (χ0v) is 13.3. The molecule has 1 aromatic carbocycles. The van der Waals surface area contributed by atoms with Gasteiger partial charge in [0.25, 0.3) is 0 Å². The lowest BCUT2D eigenvalue weighted by Gasteiger charge is -2.38. The topological polar surface area (TPSA) is 41.6 Å². The molecule has 2 aliphatic rings. The van der Waals surface area contributed by atoms with Gasteiger partial charge in [-0.2, -0.15) is 0 Å². The summed E-state index contributed by atoms with van der Waals surface area (Å²) in [7, 11) is 0. The number of rotatable bonds is 2. The van der Waals surface area contributed by atoms with Crippen molar-refractivity contribution in [2.75, 3.05) is 32.8 Å². The number of benzene rings is 1. The van der Waals surface area contributed by atoms with Crippen molar-refractivity contribution in [3.63, 3.8) is 0 Å². The Balaban J connectivity index is 0.00000161. The van der Waals surface area contributed by atoms with Crippen molar-refractivity contribution in [3.8, 4) is 0 Å². The third-order valence-corrected chi connectivity index (χ3v) is 4.41. The van der Waals surface area contributed by atoms with Crippen LogP contribution in [0.1, 0.15) is 18.0 Å². The first-order chi connectivity index (χ1) is 9.77. The fraction of sp³-hybridized carbons (Fsp3) is 0.533. The fourth-order valence-electron chi connectivity index (χ4n) is 2.96. The van der Waals surface area contributed by atoms with Crippen LogP contribution in [0.4, 0.5) is 0 Å². The maximum atomic E-state index is 12.7. The molecule has 0 saturated carbocycles. The van der Waals surface area contributed by atoms with E-state index in [1.807, 2.05) is 29.2 Å². The van der Waals surface area contributed by atoms with Gasteiger partial charge in [-0.15, -0.1) is 12.4 Å². The molecule has 21 heavy (non-hydrogen) atoms. The van der Waals surface area contributed by atoms with Gasteiger partial charge in [-0.3, -0.25) is 4.79 Å². The Bertz CT molecular complexity index is 492. The quantitative estimate of drug-likeness (QED) is 0.904. The van der Waals surface area contributed by atoms with Crippen molar-refractivity contribution >= 4 is 29.9 Å². The molecule has 0 radical (unpaired) electrons. The van der Waals surface area contributed by atoms with Gasteiger partial charge in [-0.25, -0.2) is 0 Å². The predicted molar refractivity (Wildman–Crippen MR) is 84.9 cm³/mol. The van der Waals surface area contributed by atoms with Crippen LogP contribution in [0.3, 0.4) is 0 Å². The second-order valence-corrected chi connectivity index (χ2v) is 5.74. The summed E-state index contributed by atoms with van der Waals surface area (Å²) in [5.74, 6) is 0.215. The first-order valence-electron chi connectivity index (χ1n) is 7.11. The molecule has 1 amide bonds. The first kappa shape index (κ1) is 16.6. The molecule has 2 heterocycles. The molecule has 1 N–H and O–H groups in total. The van der Waals surface area contributed by atoms with Gasteiger partial charge in [0, 0.05) is 31.3 Å². The molecule has 4 nitrogen and oxygen atoms in total. The van der Waals surface area contributed by atoms with E-state index in [-0.39, 0.29) is 30.3 Å². The Kier molecular flexibility index (Phi) is 5.88. The van der Waals surface area contributed by atoms with Crippen LogP contribution in [0, 0.1) is 5.92 Å². The van der Waals surface area contributed by atoms with E-state index < -0.39 is 0 Å². The summed E-state index contributed by atoms with van der Waals surface area (Å²) < 4.78 is 5.34. The molecule has 0 aromatic heterocycles. The Morgan fingerprint density at radius 3 is 2.90 bits per heavy atom. The highest BCUT2D eigenvalue weighted by molar-refractivity contribution is 6.31. The van der Waals surface area contributed by atoms with E-state index in [4.69, 9.17) is 16.3 Å². The minimum Gasteiger partial charge on any atom is -0.381 e. The van der Waals surface area contributed by atoms with Gasteiger partial charge in [-0.1, -0.05) is 29.8 Å². The van der Waals surface area contributed by atoms with Gasteiger partial charge in [0.1, 0.15) is 0 Å². The molecule has 6 heteroatoms. The lowest BCUT2D eigenvalue weighted by Crippen LogP contribution is -2.50. The highest BCUT2D eigenvalue weighted by Crippen LogP contribution is 2.30. The van der Waals surface area contributed by atoms with E-state index in [9.17, 15) is 4.79 Å². The second-order valence-electron chi connectivity index (χ2n) is 5.33. The van der Waals surface area contributed by atoms with Crippen molar-refractivity contribution < 1.29 is 9.53 Å². The summed E-state index contributed by atoms with van der Waals surface area (Å²) in [4.78, 5) is 14.6. The second kappa shape index (κ2) is 7.45. The Morgan fingerprint density at radius 2 is 2.19 bits per heavy atom. The molecule has 2 saturated heterocycles. The molecule has 0 aliphatic carbocycles. The standard InChI is InChI=1S/C15H19ClN2O2.ClH/c16-13-4-2-1-3-12(13)14-9-17-6-7-18(14)15(19)11-5-8-20-10-11;/h1-4,11,14,17H,5-10H2;1H. The van der Waals surface area contributed by atoms with E-state index >= 15 is 0 Å². The lowest BCUT2D eigenvalue weighted by molar-refractivity contribution is -0.139. The largest absolute Gasteiger partial charge is 0.381 e. The molecule has 0 spiro atoms. The van der Waals surface area contributed by atoms with Gasteiger partial charge in [0.2, 0.25) is 5.91 Å². The van der Waals surface area contributed by atoms with Crippen molar-refractivity contribution in [2.45, 2.75) is 12.5 Å². The first-order valence-corrected chi connectivity index (χ1v) is 7.48. The number of piperazine rings is 1. The van der Waals surface area contributed by atoms with Gasteiger partial charge in [0.05, 0.1) is 18.6 Å². The molecule has 2 fully saturated rings. The van der Waals surface area contributed by atoms with Gasteiger partial charge < -0.3 is 15.0 Å². The fourth-order valence-corrected chi connectivity index (χ4v) is 3.22. The summed E-state index contributed by atoms with van der Waals surface area (Å²) in [5, 5.41) is 4.08. The van der Waals surface area contributed by atoms with E-state index in [0.717, 1.165) is 36.6 Å². The molecule has 116 valence electrons. The summed E-state index contributed by atoms with van der Waals surface area (Å²) in [6.45, 7) is 3.56. The Hall–Kier alpha value is -0.810. The molecule has 3 rings (SSSR count). The van der Waals surface area contributed by atoms with Crippen molar-refractivity contribution in [1.29, 1.82) is 0 Å². The zero-order valence-electron chi connectivity index (χ0n) is 11.8. The van der Waals surface area contributed by atoms with E-state index in [1.54, 1.807) is 0 Å². The number of nitrogens with zero attached hydrogens (tertiary/aromatic N) is 1. The predicted octanol–water partition coefficient (Wildman–Crippen LogP) is 2.27. The maximum Gasteiger partial charge on any atom is 0.228 e. The van der Waals surface area contributed by atoms with Crippen LogP contribution < -0.4 is 5.32 Å². The average molecular weight is 331 g/mol. The van der Waals surface area contributed by atoms with Crippen LogP contribution in [0.2, 0.25) is 5.02 Å². The molecule has 1 aromatic rings. The number of carbonyl (C=O) groups excluding carboxylic acids is 1. The lowest BCUT2D eigenvalue weighted by atomic mass is 9.99. The van der Waals surface area contributed by atoms with Crippen LogP contribution in [-0.2, 0) is 9.53 Å². The normalized spacial score (nSPS) is 25.5. The number of hydrogen-bond acceptors (Lipinski definition) is 3. The van der Waals surface area contributed by atoms with Gasteiger partial charge >= 0.3 is 0 Å². The van der Waals surface area contributed by atoms with E-state index in [1.165, 1.54) is 0 Å². The highest BCUT2D eigenvalue weighted by atomic mass is 35.5. The summed E-state index contributed by atoms with van der Waals surface area (Å²) in [6.07, 6.45) is 0.831. The van der Waals surface area contributed by atoms with Crippen molar-refractivity contribution in [3.05, 3.63) is 34.9 Å². The minimum atomic E-state index is 0. The molecular weight excluding hydrogens is 311 g/mol. The SMILES string of the molecule is Cl.O=C(C1CCOC1)N1CCNCC1c1ccccc1Cl. The third kappa shape index (κ3) is 3.51. The minimum absolute atomic E-state index is 0. The third-order valence-electron chi connectivity index (χ3n) is 4.07. The van der Waals surface area contributed by atoms with E-state index in [0.29, 0.717) is 13.2 Å². The number of carbonyl (C=O) groups is 1. The number of amides is 1. The number of halogens is 2. The number of ether oxygens (including phenoxy) is 1. The summed E-state index contributed by atoms with van der Waals surface area (Å²) in [5.41, 5.74) is 1.02. The molecule has 2 atom stereocenters. The zero-order chi connectivity index (χ0) is 13.9. The van der Waals surface area contributed by atoms with Gasteiger partial charge in [0.15, 0.2) is 0 Å². The molecular formula is C15H20Cl2N2O2. The van der Waals surface area contributed by atoms with E-state index in [2.05, 4.69) is 5.32 Å². The Labute approximate surface area is 136 Å². The highest BCUT2D eigenvalue weighted by Gasteiger charge is 2.34. The number of nitrogens with one attached hydrogen (secondary N) is 1. The smallest absolute Gasteiger partial charge is 0.228 e. The Morgan fingerprint density at radius 1 is 1.38 bits per heavy atom. The summed E-state index contributed by atoms with van der Waals surface area (Å²) >= 11 is 6.30. The van der Waals surface area contributed by atoms with Crippen LogP contribution in [-0.4, -0.2) is 43.7 Å². The maximum absolute atomic E-state index is 12.7.